The van der Waals surface area contributed by atoms with Gasteiger partial charge in [0.05, 0.1) is 17.2 Å². The summed E-state index contributed by atoms with van der Waals surface area (Å²) in [5.41, 5.74) is 8.87. The first-order valence-corrected chi connectivity index (χ1v) is 14.7. The van der Waals surface area contributed by atoms with Crippen molar-refractivity contribution in [2.45, 2.75) is 0 Å². The molecule has 0 N–H and O–H groups in total. The van der Waals surface area contributed by atoms with Crippen LogP contribution in [-0.2, 0) is 0 Å². The molecule has 0 unspecified atom stereocenters. The molecule has 2 heterocycles. The lowest BCUT2D eigenvalue weighted by Gasteiger charge is -2.13. The van der Waals surface area contributed by atoms with E-state index in [-0.39, 0.29) is 0 Å². The minimum Gasteiger partial charge on any atom is -0.455 e. The van der Waals surface area contributed by atoms with Gasteiger partial charge in [-0.3, -0.25) is 0 Å². The van der Waals surface area contributed by atoms with Crippen molar-refractivity contribution in [3.63, 3.8) is 0 Å². The monoisotopic (exact) mass is 576 g/mol. The Balaban J connectivity index is 1.37. The highest BCUT2D eigenvalue weighted by Crippen LogP contribution is 2.42. The number of aromatic nitrogens is 3. The van der Waals surface area contributed by atoms with Gasteiger partial charge in [0, 0.05) is 21.9 Å². The number of furan rings is 1. The summed E-state index contributed by atoms with van der Waals surface area (Å²) >= 11 is 0. The van der Waals surface area contributed by atoms with Gasteiger partial charge in [0.15, 0.2) is 17.5 Å². The quantitative estimate of drug-likeness (QED) is 0.204. The Kier molecular flexibility index (Phi) is 6.44. The number of nitriles is 1. The van der Waals surface area contributed by atoms with Gasteiger partial charge < -0.3 is 4.42 Å². The lowest BCUT2D eigenvalue weighted by molar-refractivity contribution is 0.669. The Morgan fingerprint density at radius 1 is 0.444 bits per heavy atom. The molecule has 0 radical (unpaired) electrons. The Bertz CT molecular complexity index is 2300. The van der Waals surface area contributed by atoms with Gasteiger partial charge in [0.2, 0.25) is 0 Å². The average molecular weight is 577 g/mol. The number of para-hydroxylation sites is 1. The highest BCUT2D eigenvalue weighted by Gasteiger charge is 2.22. The Hall–Kier alpha value is -6.38. The molecule has 0 bridgehead atoms. The molecule has 0 saturated carbocycles. The van der Waals surface area contributed by atoms with Gasteiger partial charge >= 0.3 is 0 Å². The van der Waals surface area contributed by atoms with E-state index < -0.39 is 0 Å². The van der Waals surface area contributed by atoms with Crippen LogP contribution in [-0.4, -0.2) is 15.0 Å². The van der Waals surface area contributed by atoms with Crippen molar-refractivity contribution in [2.24, 2.45) is 0 Å². The van der Waals surface area contributed by atoms with E-state index >= 15 is 0 Å². The smallest absolute Gasteiger partial charge is 0.168 e. The van der Waals surface area contributed by atoms with Gasteiger partial charge in [-0.25, -0.2) is 15.0 Å². The second-order valence-electron chi connectivity index (χ2n) is 10.8. The number of hydrogen-bond donors (Lipinski definition) is 0. The predicted molar refractivity (Wildman–Crippen MR) is 179 cm³/mol. The van der Waals surface area contributed by atoms with E-state index in [9.17, 15) is 5.26 Å². The molecule has 0 amide bonds. The largest absolute Gasteiger partial charge is 0.455 e. The maximum Gasteiger partial charge on any atom is 0.168 e. The summed E-state index contributed by atoms with van der Waals surface area (Å²) < 4.78 is 6.58. The second kappa shape index (κ2) is 11.0. The fourth-order valence-electron chi connectivity index (χ4n) is 5.75. The normalized spacial score (nSPS) is 11.1. The molecule has 8 rings (SSSR count). The van der Waals surface area contributed by atoms with Gasteiger partial charge in [-0.15, -0.1) is 0 Å². The first-order valence-electron chi connectivity index (χ1n) is 14.7. The highest BCUT2D eigenvalue weighted by atomic mass is 16.3. The zero-order valence-electron chi connectivity index (χ0n) is 24.1. The van der Waals surface area contributed by atoms with Gasteiger partial charge in [-0.1, -0.05) is 121 Å². The van der Waals surface area contributed by atoms with Crippen molar-refractivity contribution in [1.82, 2.24) is 15.0 Å². The second-order valence-corrected chi connectivity index (χ2v) is 10.8. The fraction of sp³-hybridized carbons (Fsp3) is 0. The van der Waals surface area contributed by atoms with E-state index in [1.54, 1.807) is 0 Å². The van der Waals surface area contributed by atoms with Crippen LogP contribution in [0, 0.1) is 11.3 Å². The molecule has 0 aliphatic rings. The van der Waals surface area contributed by atoms with Crippen molar-refractivity contribution in [2.75, 3.05) is 0 Å². The zero-order chi connectivity index (χ0) is 30.2. The molecule has 5 nitrogen and oxygen atoms in total. The molecule has 0 spiro atoms. The summed E-state index contributed by atoms with van der Waals surface area (Å²) in [4.78, 5) is 15.1. The van der Waals surface area contributed by atoms with E-state index in [1.165, 1.54) is 0 Å². The molecule has 45 heavy (non-hydrogen) atoms. The molecule has 0 fully saturated rings. The number of hydrogen-bond acceptors (Lipinski definition) is 5. The number of nitrogens with zero attached hydrogens (tertiary/aromatic N) is 4. The topological polar surface area (TPSA) is 75.6 Å². The Labute approximate surface area is 259 Å². The van der Waals surface area contributed by atoms with E-state index in [2.05, 4.69) is 48.5 Å². The lowest BCUT2D eigenvalue weighted by Crippen LogP contribution is -2.01. The average Bonchev–Trinajstić information content (AvgIpc) is 3.51. The van der Waals surface area contributed by atoms with E-state index in [1.807, 2.05) is 103 Å². The summed E-state index contributed by atoms with van der Waals surface area (Å²) in [5, 5.41) is 11.2. The van der Waals surface area contributed by atoms with Crippen LogP contribution in [0.2, 0.25) is 0 Å². The van der Waals surface area contributed by atoms with Gasteiger partial charge in [0.1, 0.15) is 11.2 Å². The van der Waals surface area contributed by atoms with Gasteiger partial charge in [-0.2, -0.15) is 5.26 Å². The minimum atomic E-state index is 0.540. The maximum atomic E-state index is 9.19. The van der Waals surface area contributed by atoms with Crippen LogP contribution >= 0.6 is 0 Å². The molecule has 5 heteroatoms. The number of fused-ring (bicyclic) bond motifs is 3. The van der Waals surface area contributed by atoms with Crippen LogP contribution in [0.3, 0.4) is 0 Å². The van der Waals surface area contributed by atoms with Crippen molar-refractivity contribution < 1.29 is 4.42 Å². The highest BCUT2D eigenvalue weighted by molar-refractivity contribution is 6.12. The van der Waals surface area contributed by atoms with Crippen molar-refractivity contribution >= 4 is 21.9 Å². The summed E-state index contributed by atoms with van der Waals surface area (Å²) in [7, 11) is 0. The zero-order valence-corrected chi connectivity index (χ0v) is 24.1. The standard InChI is InChI=1S/C40H24N4O/c41-25-26-15-17-27(18-16-26)28-19-21-29(22-20-28)32-23-24-34-33-13-7-8-14-35(33)45-37(34)36(32)40-43-38(30-9-3-1-4-10-30)42-39(44-40)31-11-5-2-6-12-31/h1-24H. The molecule has 0 saturated heterocycles. The predicted octanol–water partition coefficient (Wildman–Crippen LogP) is 9.98. The van der Waals surface area contributed by atoms with Crippen molar-refractivity contribution in [1.29, 1.82) is 5.26 Å². The van der Waals surface area contributed by atoms with Crippen LogP contribution < -0.4 is 0 Å². The fourth-order valence-corrected chi connectivity index (χ4v) is 5.75. The number of rotatable bonds is 5. The van der Waals surface area contributed by atoms with Crippen LogP contribution in [0.5, 0.6) is 0 Å². The third kappa shape index (κ3) is 4.81. The molecule has 0 aliphatic heterocycles. The van der Waals surface area contributed by atoms with E-state index in [0.717, 1.165) is 60.9 Å². The van der Waals surface area contributed by atoms with E-state index in [4.69, 9.17) is 19.4 Å². The van der Waals surface area contributed by atoms with Crippen LogP contribution in [0.15, 0.2) is 150 Å². The SMILES string of the molecule is N#Cc1ccc(-c2ccc(-c3ccc4c(oc5ccccc54)c3-c3nc(-c4ccccc4)nc(-c4ccccc4)n3)cc2)cc1. The van der Waals surface area contributed by atoms with Crippen LogP contribution in [0.4, 0.5) is 0 Å². The molecule has 6 aromatic carbocycles. The van der Waals surface area contributed by atoms with Crippen LogP contribution in [0.1, 0.15) is 5.56 Å². The van der Waals surface area contributed by atoms with Gasteiger partial charge in [0.25, 0.3) is 0 Å². The lowest BCUT2D eigenvalue weighted by atomic mass is 9.94. The minimum absolute atomic E-state index is 0.540. The molecule has 2 aromatic heterocycles. The maximum absolute atomic E-state index is 9.19. The molecular weight excluding hydrogens is 552 g/mol. The van der Waals surface area contributed by atoms with Crippen molar-refractivity contribution in [3.05, 3.63) is 151 Å². The first kappa shape index (κ1) is 26.3. The van der Waals surface area contributed by atoms with Crippen LogP contribution in [0.25, 0.3) is 78.4 Å². The molecule has 210 valence electrons. The Morgan fingerprint density at radius 3 is 1.60 bits per heavy atom. The summed E-state index contributed by atoms with van der Waals surface area (Å²) in [5.74, 6) is 1.72. The van der Waals surface area contributed by atoms with Gasteiger partial charge in [-0.05, 0) is 46.5 Å². The summed E-state index contributed by atoms with van der Waals surface area (Å²) in [6.45, 7) is 0. The third-order valence-electron chi connectivity index (χ3n) is 8.01. The molecular formula is C40H24N4O. The molecule has 0 aliphatic carbocycles. The Morgan fingerprint density at radius 2 is 0.978 bits per heavy atom. The molecule has 8 aromatic rings. The van der Waals surface area contributed by atoms with E-state index in [0.29, 0.717) is 23.0 Å². The van der Waals surface area contributed by atoms with Crippen molar-refractivity contribution in [3.8, 4) is 62.5 Å². The summed E-state index contributed by atoms with van der Waals surface area (Å²) in [6, 6.07) is 50.5. The summed E-state index contributed by atoms with van der Waals surface area (Å²) in [6.07, 6.45) is 0. The number of benzene rings is 6. The first-order chi connectivity index (χ1) is 22.2. The molecule has 0 atom stereocenters. The third-order valence-corrected chi connectivity index (χ3v) is 8.01.